The number of carbonyl (C=O) groups is 3. The summed E-state index contributed by atoms with van der Waals surface area (Å²) in [5.41, 5.74) is 5.31. The third-order valence-electron chi connectivity index (χ3n) is 9.28. The number of hydrogen-bond acceptors (Lipinski definition) is 12. The molecule has 0 saturated carbocycles. The average molecular weight is 884 g/mol. The lowest BCUT2D eigenvalue weighted by Crippen LogP contribution is -2.34. The van der Waals surface area contributed by atoms with Crippen LogP contribution < -0.4 is 5.73 Å². The molecule has 0 aromatic carbocycles. The normalized spacial score (nSPS) is 15.9. The number of hydrogen-bond donors (Lipinski definition) is 6. The molecule has 0 aliphatic rings. The SMILES string of the molecule is CC/C=C\C[C@@H](O)/C=C/C=C/C=C\C=C/[C@H](O)[C@@H](O)CCCC(=O)OC[C@H](COP(=O)(O)OC[C@H](N)C(=O)O)OC(=O)CCCCCCCCC/C=C\CCCCCCCC. The van der Waals surface area contributed by atoms with Crippen LogP contribution in [-0.4, -0.2) is 93.5 Å². The van der Waals surface area contributed by atoms with Gasteiger partial charge in [-0.3, -0.25) is 23.4 Å². The standard InChI is InChI=1S/C46H78NO13P/c1-3-5-7-8-9-10-11-12-13-14-15-16-17-18-19-24-28-34-45(52)60-40(37-58-61(55,56)59-38-41(47)46(53)54)36-57-44(51)35-29-33-43(50)42(49)32-27-23-21-20-22-26-31-39(48)30-25-6-4-2/h6,12-13,20-23,25-27,31-32,39-43,48-50H,3-5,7-11,14-19,24,28-30,33-38,47H2,1-2H3,(H,53,54)(H,55,56)/b13-12-,22-20+,23-21-,25-6-,31-26+,32-27-/t39-,40-,41+,42+,43+/m1/s1. The van der Waals surface area contributed by atoms with E-state index >= 15 is 0 Å². The molecule has 6 atom stereocenters. The van der Waals surface area contributed by atoms with Crippen LogP contribution in [0.1, 0.15) is 149 Å². The number of aliphatic hydroxyl groups excluding tert-OH is 3. The highest BCUT2D eigenvalue weighted by Gasteiger charge is 2.28. The summed E-state index contributed by atoms with van der Waals surface area (Å²) in [6, 6.07) is -1.58. The maximum atomic E-state index is 12.7. The van der Waals surface area contributed by atoms with E-state index in [1.807, 2.05) is 19.1 Å². The Morgan fingerprint density at radius 2 is 1.18 bits per heavy atom. The van der Waals surface area contributed by atoms with Gasteiger partial charge in [0, 0.05) is 12.8 Å². The number of phosphoric acid groups is 1. The molecule has 0 aliphatic carbocycles. The number of carbonyl (C=O) groups excluding carboxylic acids is 2. The number of carboxylic acid groups (broad SMARTS) is 1. The van der Waals surface area contributed by atoms with Gasteiger partial charge in [-0.25, -0.2) is 4.57 Å². The van der Waals surface area contributed by atoms with E-state index in [1.54, 1.807) is 42.5 Å². The Hall–Kier alpha value is -3.20. The lowest BCUT2D eigenvalue weighted by molar-refractivity contribution is -0.161. The molecule has 0 bridgehead atoms. The van der Waals surface area contributed by atoms with Gasteiger partial charge in [-0.15, -0.1) is 0 Å². The summed E-state index contributed by atoms with van der Waals surface area (Å²) in [5, 5.41) is 39.3. The van der Waals surface area contributed by atoms with E-state index in [1.165, 1.54) is 44.6 Å². The van der Waals surface area contributed by atoms with Gasteiger partial charge in [0.1, 0.15) is 12.6 Å². The molecule has 0 fully saturated rings. The third-order valence-corrected chi connectivity index (χ3v) is 10.2. The number of ether oxygens (including phenoxy) is 2. The molecule has 15 heteroatoms. The van der Waals surface area contributed by atoms with Gasteiger partial charge in [-0.05, 0) is 57.8 Å². The number of unbranched alkanes of at least 4 members (excludes halogenated alkanes) is 13. The van der Waals surface area contributed by atoms with Crippen LogP contribution in [0.2, 0.25) is 0 Å². The second-order valence-corrected chi connectivity index (χ2v) is 16.5. The maximum Gasteiger partial charge on any atom is 0.472 e. The molecular formula is C46H78NO13P. The van der Waals surface area contributed by atoms with Crippen LogP contribution in [0.3, 0.4) is 0 Å². The highest BCUT2D eigenvalue weighted by Crippen LogP contribution is 2.43. The van der Waals surface area contributed by atoms with Crippen LogP contribution in [0.4, 0.5) is 0 Å². The lowest BCUT2D eigenvalue weighted by Gasteiger charge is -2.20. The molecule has 7 N–H and O–H groups in total. The largest absolute Gasteiger partial charge is 0.480 e. The van der Waals surface area contributed by atoms with Gasteiger partial charge in [-0.2, -0.15) is 0 Å². The molecule has 0 saturated heterocycles. The maximum absolute atomic E-state index is 12.7. The second-order valence-electron chi connectivity index (χ2n) is 15.0. The quantitative estimate of drug-likeness (QED) is 0.0111. The van der Waals surface area contributed by atoms with Gasteiger partial charge in [-0.1, -0.05) is 151 Å². The number of phosphoric ester groups is 1. The van der Waals surface area contributed by atoms with Gasteiger partial charge in [0.05, 0.1) is 31.5 Å². The average Bonchev–Trinajstić information content (AvgIpc) is 3.22. The predicted molar refractivity (Wildman–Crippen MR) is 239 cm³/mol. The highest BCUT2D eigenvalue weighted by molar-refractivity contribution is 7.47. The van der Waals surface area contributed by atoms with E-state index in [2.05, 4.69) is 23.6 Å². The first-order valence-corrected chi connectivity index (χ1v) is 23.8. The fraction of sp³-hybridized carbons (Fsp3) is 0.674. The number of nitrogens with two attached hydrogens (primary N) is 1. The van der Waals surface area contributed by atoms with Crippen molar-refractivity contribution in [3.8, 4) is 0 Å². The summed E-state index contributed by atoms with van der Waals surface area (Å²) in [5.74, 6) is -2.77. The van der Waals surface area contributed by atoms with Crippen LogP contribution in [0.15, 0.2) is 72.9 Å². The summed E-state index contributed by atoms with van der Waals surface area (Å²) >= 11 is 0. The molecule has 0 radical (unpaired) electrons. The minimum Gasteiger partial charge on any atom is -0.480 e. The number of rotatable bonds is 40. The topological polar surface area (TPSA) is 232 Å². The summed E-state index contributed by atoms with van der Waals surface area (Å²) in [7, 11) is -4.81. The van der Waals surface area contributed by atoms with Crippen LogP contribution in [0.5, 0.6) is 0 Å². The molecule has 0 aromatic heterocycles. The first kappa shape index (κ1) is 57.8. The van der Waals surface area contributed by atoms with Crippen LogP contribution in [0, 0.1) is 0 Å². The third kappa shape index (κ3) is 38.2. The van der Waals surface area contributed by atoms with E-state index < -0.39 is 76.0 Å². The van der Waals surface area contributed by atoms with Crippen molar-refractivity contribution in [2.45, 2.75) is 179 Å². The number of esters is 2. The molecule has 0 rings (SSSR count). The minimum atomic E-state index is -4.81. The smallest absolute Gasteiger partial charge is 0.472 e. The van der Waals surface area contributed by atoms with Gasteiger partial charge in [0.25, 0.3) is 0 Å². The van der Waals surface area contributed by atoms with Crippen molar-refractivity contribution in [1.82, 2.24) is 0 Å². The molecule has 0 heterocycles. The van der Waals surface area contributed by atoms with Crippen molar-refractivity contribution in [3.05, 3.63) is 72.9 Å². The Bertz CT molecular complexity index is 1360. The number of allylic oxidation sites excluding steroid dienone is 9. The van der Waals surface area contributed by atoms with Gasteiger partial charge < -0.3 is 40.5 Å². The zero-order chi connectivity index (χ0) is 45.4. The van der Waals surface area contributed by atoms with Crippen molar-refractivity contribution >= 4 is 25.7 Å². The zero-order valence-electron chi connectivity index (χ0n) is 36.8. The minimum absolute atomic E-state index is 0.0759. The molecular weight excluding hydrogens is 805 g/mol. The fourth-order valence-corrected chi connectivity index (χ4v) is 6.41. The van der Waals surface area contributed by atoms with Gasteiger partial charge in [0.15, 0.2) is 6.10 Å². The second kappa shape index (κ2) is 39.6. The van der Waals surface area contributed by atoms with E-state index in [0.29, 0.717) is 12.8 Å². The Morgan fingerprint density at radius 3 is 1.79 bits per heavy atom. The molecule has 14 nitrogen and oxygen atoms in total. The molecule has 0 amide bonds. The summed E-state index contributed by atoms with van der Waals surface area (Å²) in [6.45, 7) is 2.25. The molecule has 61 heavy (non-hydrogen) atoms. The first-order valence-electron chi connectivity index (χ1n) is 22.3. The van der Waals surface area contributed by atoms with Crippen molar-refractivity contribution in [2.24, 2.45) is 5.73 Å². The summed E-state index contributed by atoms with van der Waals surface area (Å²) < 4.78 is 32.5. The lowest BCUT2D eigenvalue weighted by atomic mass is 10.1. The number of carboxylic acids is 1. The van der Waals surface area contributed by atoms with Crippen LogP contribution in [0.25, 0.3) is 0 Å². The number of aliphatic hydroxyl groups is 3. The van der Waals surface area contributed by atoms with Crippen molar-refractivity contribution in [1.29, 1.82) is 0 Å². The first-order chi connectivity index (χ1) is 29.3. The van der Waals surface area contributed by atoms with Gasteiger partial charge >= 0.3 is 25.7 Å². The monoisotopic (exact) mass is 884 g/mol. The summed E-state index contributed by atoms with van der Waals surface area (Å²) in [6.07, 6.45) is 36.3. The van der Waals surface area contributed by atoms with E-state index in [9.17, 15) is 39.2 Å². The molecule has 0 aromatic rings. The van der Waals surface area contributed by atoms with E-state index in [-0.39, 0.29) is 25.7 Å². The Morgan fingerprint density at radius 1 is 0.639 bits per heavy atom. The molecule has 0 aliphatic heterocycles. The van der Waals surface area contributed by atoms with Crippen molar-refractivity contribution in [2.75, 3.05) is 19.8 Å². The molecule has 1 unspecified atom stereocenters. The Kier molecular flexibility index (Phi) is 37.6. The zero-order valence-corrected chi connectivity index (χ0v) is 37.7. The highest BCUT2D eigenvalue weighted by atomic mass is 31.2. The predicted octanol–water partition coefficient (Wildman–Crippen LogP) is 8.64. The van der Waals surface area contributed by atoms with E-state index in [4.69, 9.17) is 24.8 Å². The van der Waals surface area contributed by atoms with Crippen LogP contribution in [-0.2, 0) is 37.5 Å². The summed E-state index contributed by atoms with van der Waals surface area (Å²) in [4.78, 5) is 46.0. The van der Waals surface area contributed by atoms with Gasteiger partial charge in [0.2, 0.25) is 0 Å². The number of aliphatic carboxylic acids is 1. The molecule has 0 spiro atoms. The van der Waals surface area contributed by atoms with Crippen molar-refractivity contribution in [3.63, 3.8) is 0 Å². The Labute approximate surface area is 365 Å². The van der Waals surface area contributed by atoms with Crippen LogP contribution >= 0.6 is 7.82 Å². The molecule has 350 valence electrons. The Balaban J connectivity index is 4.68. The van der Waals surface area contributed by atoms with E-state index in [0.717, 1.165) is 57.8 Å². The fourth-order valence-electron chi connectivity index (χ4n) is 5.64. The van der Waals surface area contributed by atoms with Crippen molar-refractivity contribution < 1.29 is 62.8 Å².